The molecule has 1 aromatic carbocycles. The molecular formula is C19H19FN2OS. The number of aromatic nitrogens is 1. The number of allylic oxidation sites excluding steroid dienone is 2. The molecule has 0 bridgehead atoms. The lowest BCUT2D eigenvalue weighted by molar-refractivity contribution is 0.411. The van der Waals surface area contributed by atoms with Crippen molar-refractivity contribution < 1.29 is 9.13 Å². The molecule has 0 radical (unpaired) electrons. The summed E-state index contributed by atoms with van der Waals surface area (Å²) in [6.45, 7) is 0. The molecule has 1 unspecified atom stereocenters. The van der Waals surface area contributed by atoms with Gasteiger partial charge in [-0.2, -0.15) is 0 Å². The van der Waals surface area contributed by atoms with Crippen molar-refractivity contribution in [2.75, 3.05) is 7.11 Å². The Morgan fingerprint density at radius 2 is 2.17 bits per heavy atom. The zero-order valence-corrected chi connectivity index (χ0v) is 14.3. The Morgan fingerprint density at radius 1 is 1.25 bits per heavy atom. The lowest BCUT2D eigenvalue weighted by Gasteiger charge is -2.30. The third-order valence-electron chi connectivity index (χ3n) is 4.58. The number of methoxy groups -OCH3 is 1. The molecule has 1 saturated carbocycles. The Balaban J connectivity index is 1.62. The predicted octanol–water partition coefficient (Wildman–Crippen LogP) is 4.77. The molecule has 5 heteroatoms. The smallest absolute Gasteiger partial charge is 0.139 e. The van der Waals surface area contributed by atoms with Crippen LogP contribution in [0.15, 0.2) is 42.1 Å². The normalized spacial score (nSPS) is 19.8. The minimum absolute atomic E-state index is 0.302. The maximum absolute atomic E-state index is 13.7. The highest BCUT2D eigenvalue weighted by Crippen LogP contribution is 2.34. The average molecular weight is 342 g/mol. The fraction of sp³-hybridized carbons (Fsp3) is 0.316. The molecule has 2 aliphatic rings. The van der Waals surface area contributed by atoms with Crippen LogP contribution in [0.4, 0.5) is 4.39 Å². The van der Waals surface area contributed by atoms with Gasteiger partial charge in [-0.15, -0.1) is 11.3 Å². The highest BCUT2D eigenvalue weighted by Gasteiger charge is 2.23. The number of rotatable bonds is 3. The third-order valence-corrected chi connectivity index (χ3v) is 5.66. The second-order valence-corrected chi connectivity index (χ2v) is 7.20. The van der Waals surface area contributed by atoms with Crippen molar-refractivity contribution in [3.8, 4) is 16.2 Å². The van der Waals surface area contributed by atoms with Crippen molar-refractivity contribution in [3.05, 3.63) is 52.9 Å². The van der Waals surface area contributed by atoms with Crippen LogP contribution in [0.25, 0.3) is 16.1 Å². The Hall–Kier alpha value is -2.14. The van der Waals surface area contributed by atoms with E-state index in [9.17, 15) is 4.39 Å². The van der Waals surface area contributed by atoms with Crippen molar-refractivity contribution in [1.82, 2.24) is 10.3 Å². The topological polar surface area (TPSA) is 34.1 Å². The van der Waals surface area contributed by atoms with Crippen molar-refractivity contribution in [2.24, 2.45) is 0 Å². The van der Waals surface area contributed by atoms with Gasteiger partial charge >= 0.3 is 0 Å². The van der Waals surface area contributed by atoms with Crippen LogP contribution in [0.1, 0.15) is 30.7 Å². The van der Waals surface area contributed by atoms with Gasteiger partial charge in [0.25, 0.3) is 0 Å². The van der Waals surface area contributed by atoms with Crippen LogP contribution in [0.2, 0.25) is 0 Å². The van der Waals surface area contributed by atoms with E-state index in [1.165, 1.54) is 43.4 Å². The van der Waals surface area contributed by atoms with Gasteiger partial charge in [-0.25, -0.2) is 9.37 Å². The summed E-state index contributed by atoms with van der Waals surface area (Å²) in [6, 6.07) is 5.18. The van der Waals surface area contributed by atoms with Gasteiger partial charge in [0.1, 0.15) is 16.6 Å². The second-order valence-electron chi connectivity index (χ2n) is 6.17. The van der Waals surface area contributed by atoms with Crippen LogP contribution in [-0.2, 0) is 0 Å². The molecule has 0 spiro atoms. The maximum Gasteiger partial charge on any atom is 0.139 e. The summed E-state index contributed by atoms with van der Waals surface area (Å²) in [4.78, 5) is 5.47. The van der Waals surface area contributed by atoms with Crippen molar-refractivity contribution in [3.63, 3.8) is 0 Å². The average Bonchev–Trinajstić information content (AvgIpc) is 3.11. The van der Waals surface area contributed by atoms with E-state index in [-0.39, 0.29) is 5.82 Å². The van der Waals surface area contributed by atoms with Crippen molar-refractivity contribution >= 4 is 17.0 Å². The van der Waals surface area contributed by atoms with Gasteiger partial charge in [0, 0.05) is 18.3 Å². The molecular weight excluding hydrogens is 323 g/mol. The summed E-state index contributed by atoms with van der Waals surface area (Å²) in [5.74, 6) is 0.217. The first-order valence-corrected chi connectivity index (χ1v) is 9.03. The number of fused-ring (bicyclic) bond motifs is 1. The van der Waals surface area contributed by atoms with E-state index in [1.54, 1.807) is 24.6 Å². The molecule has 124 valence electrons. The second kappa shape index (κ2) is 6.40. The summed E-state index contributed by atoms with van der Waals surface area (Å²) in [5, 5.41) is 4.55. The fourth-order valence-corrected chi connectivity index (χ4v) is 4.21. The van der Waals surface area contributed by atoms with Crippen molar-refractivity contribution in [2.45, 2.75) is 31.7 Å². The van der Waals surface area contributed by atoms with Crippen molar-refractivity contribution in [1.29, 1.82) is 0 Å². The number of benzene rings is 1. The molecule has 4 rings (SSSR count). The molecule has 3 nitrogen and oxygen atoms in total. The van der Waals surface area contributed by atoms with E-state index in [0.29, 0.717) is 11.8 Å². The first-order valence-electron chi connectivity index (χ1n) is 8.21. The molecule has 2 heterocycles. The molecule has 2 aromatic rings. The van der Waals surface area contributed by atoms with Gasteiger partial charge in [-0.05, 0) is 48.6 Å². The Bertz CT molecular complexity index is 825. The summed E-state index contributed by atoms with van der Waals surface area (Å²) in [6.07, 6.45) is 11.1. The lowest BCUT2D eigenvalue weighted by atomic mass is 9.88. The number of hydrogen-bond donors (Lipinski definition) is 1. The minimum Gasteiger partial charge on any atom is -0.497 e. The number of halogens is 1. The Kier molecular flexibility index (Phi) is 4.10. The zero-order chi connectivity index (χ0) is 16.5. The van der Waals surface area contributed by atoms with Gasteiger partial charge < -0.3 is 10.1 Å². The fourth-order valence-electron chi connectivity index (χ4n) is 3.32. The number of ether oxygens (including phenoxy) is 1. The largest absolute Gasteiger partial charge is 0.497 e. The number of thiazole rings is 1. The van der Waals surface area contributed by atoms with Crippen LogP contribution in [0, 0.1) is 5.82 Å². The number of nitrogens with one attached hydrogen (secondary N) is 1. The number of dihydropyridines is 1. The molecule has 1 aliphatic carbocycles. The van der Waals surface area contributed by atoms with Crippen LogP contribution in [0.5, 0.6) is 5.75 Å². The first-order chi connectivity index (χ1) is 11.7. The van der Waals surface area contributed by atoms with Gasteiger partial charge in [-0.3, -0.25) is 0 Å². The van der Waals surface area contributed by atoms with E-state index in [2.05, 4.69) is 22.5 Å². The van der Waals surface area contributed by atoms with Crippen LogP contribution < -0.4 is 10.1 Å². The zero-order valence-electron chi connectivity index (χ0n) is 13.5. The minimum atomic E-state index is -0.302. The van der Waals surface area contributed by atoms with Gasteiger partial charge in [0.2, 0.25) is 0 Å². The van der Waals surface area contributed by atoms with E-state index >= 15 is 0 Å². The third kappa shape index (κ3) is 2.96. The van der Waals surface area contributed by atoms with E-state index in [0.717, 1.165) is 21.1 Å². The lowest BCUT2D eigenvalue weighted by Crippen LogP contribution is -2.33. The van der Waals surface area contributed by atoms with E-state index in [1.807, 2.05) is 6.07 Å². The predicted molar refractivity (Wildman–Crippen MR) is 95.5 cm³/mol. The molecule has 0 saturated heterocycles. The monoisotopic (exact) mass is 342 g/mol. The molecule has 1 N–H and O–H groups in total. The molecule has 0 amide bonds. The highest BCUT2D eigenvalue weighted by atomic mass is 32.1. The van der Waals surface area contributed by atoms with E-state index < -0.39 is 0 Å². The number of hydrogen-bond acceptors (Lipinski definition) is 4. The molecule has 1 atom stereocenters. The Morgan fingerprint density at radius 3 is 3.04 bits per heavy atom. The summed E-state index contributed by atoms with van der Waals surface area (Å²) in [5.41, 5.74) is 3.35. The molecule has 1 aliphatic heterocycles. The number of nitrogens with zero attached hydrogens (tertiary/aromatic N) is 1. The van der Waals surface area contributed by atoms with Crippen LogP contribution in [-0.4, -0.2) is 18.1 Å². The first kappa shape index (κ1) is 15.4. The van der Waals surface area contributed by atoms with Gasteiger partial charge in [0.05, 0.1) is 17.7 Å². The van der Waals surface area contributed by atoms with Gasteiger partial charge in [0.15, 0.2) is 0 Å². The molecule has 1 fully saturated rings. The summed E-state index contributed by atoms with van der Waals surface area (Å²) >= 11 is 1.57. The summed E-state index contributed by atoms with van der Waals surface area (Å²) in [7, 11) is 1.54. The molecule has 1 aromatic heterocycles. The summed E-state index contributed by atoms with van der Waals surface area (Å²) < 4.78 is 18.9. The standard InChI is InChI=1S/C19H19FN2OS/c1-23-15-9-13(8-14(20)10-15)18-11-21-19(24-18)17-7-6-12-4-2-3-5-16(12)22-17/h6-11,16,22H,2-5H2,1H3. The van der Waals surface area contributed by atoms with Gasteiger partial charge in [-0.1, -0.05) is 12.5 Å². The molecule has 24 heavy (non-hydrogen) atoms. The maximum atomic E-state index is 13.7. The SMILES string of the molecule is COc1cc(F)cc(-c2cnc(C3=CC=C4CCCCC4N3)s2)c1. The van der Waals surface area contributed by atoms with Crippen LogP contribution >= 0.6 is 11.3 Å². The quantitative estimate of drug-likeness (QED) is 0.872. The van der Waals surface area contributed by atoms with E-state index in [4.69, 9.17) is 4.74 Å². The van der Waals surface area contributed by atoms with Crippen LogP contribution in [0.3, 0.4) is 0 Å². The Labute approximate surface area is 144 Å². The highest BCUT2D eigenvalue weighted by molar-refractivity contribution is 7.16.